The Morgan fingerprint density at radius 3 is 2.62 bits per heavy atom. The summed E-state index contributed by atoms with van der Waals surface area (Å²) in [7, 11) is 0. The van der Waals surface area contributed by atoms with Gasteiger partial charge in [-0.3, -0.25) is 4.79 Å². The number of carbonyl (C=O) groups is 1. The first-order chi connectivity index (χ1) is 7.75. The first-order valence-corrected chi connectivity index (χ1v) is 5.74. The highest BCUT2D eigenvalue weighted by atomic mass is 16.4. The van der Waals surface area contributed by atoms with Crippen LogP contribution in [0.2, 0.25) is 0 Å². The van der Waals surface area contributed by atoms with E-state index in [1.165, 1.54) is 0 Å². The van der Waals surface area contributed by atoms with Gasteiger partial charge in [0, 0.05) is 6.54 Å². The quantitative estimate of drug-likeness (QED) is 0.694. The molecule has 1 aromatic rings. The molecule has 16 heavy (non-hydrogen) atoms. The minimum Gasteiger partial charge on any atom is -0.481 e. The highest BCUT2D eigenvalue weighted by Crippen LogP contribution is 2.14. The summed E-state index contributed by atoms with van der Waals surface area (Å²) in [5.74, 6) is -1.21. The summed E-state index contributed by atoms with van der Waals surface area (Å²) in [5, 5.41) is 12.3. The number of nitrogens with one attached hydrogen (secondary N) is 1. The van der Waals surface area contributed by atoms with Gasteiger partial charge in [0.2, 0.25) is 0 Å². The standard InChI is InChI=1S/C13H19NO2/c1-2-3-9-14-10-12(13(15)16)11-7-5-4-6-8-11/h4-8,12,14H,2-3,9-10H2,1H3,(H,15,16). The van der Waals surface area contributed by atoms with Crippen molar-refractivity contribution in [1.29, 1.82) is 0 Å². The molecule has 0 heterocycles. The zero-order valence-corrected chi connectivity index (χ0v) is 9.65. The van der Waals surface area contributed by atoms with Crippen molar-refractivity contribution in [2.75, 3.05) is 13.1 Å². The number of unbranched alkanes of at least 4 members (excludes halogenated alkanes) is 1. The molecule has 0 aliphatic rings. The van der Waals surface area contributed by atoms with E-state index in [9.17, 15) is 4.79 Å². The average Bonchev–Trinajstić information content (AvgIpc) is 2.30. The van der Waals surface area contributed by atoms with Crippen LogP contribution < -0.4 is 5.32 Å². The maximum absolute atomic E-state index is 11.1. The third kappa shape index (κ3) is 4.03. The molecule has 0 spiro atoms. The van der Waals surface area contributed by atoms with Crippen LogP contribution in [0.4, 0.5) is 0 Å². The molecule has 0 aromatic heterocycles. The van der Waals surface area contributed by atoms with Gasteiger partial charge in [0.25, 0.3) is 0 Å². The summed E-state index contributed by atoms with van der Waals surface area (Å²) in [6.45, 7) is 3.50. The second-order valence-corrected chi connectivity index (χ2v) is 3.86. The maximum Gasteiger partial charge on any atom is 0.312 e. The number of hydrogen-bond acceptors (Lipinski definition) is 2. The zero-order chi connectivity index (χ0) is 11.8. The van der Waals surface area contributed by atoms with Crippen LogP contribution >= 0.6 is 0 Å². The summed E-state index contributed by atoms with van der Waals surface area (Å²) in [6, 6.07) is 9.36. The molecule has 3 heteroatoms. The molecule has 3 nitrogen and oxygen atoms in total. The number of carboxylic acids is 1. The first-order valence-electron chi connectivity index (χ1n) is 5.74. The fourth-order valence-corrected chi connectivity index (χ4v) is 1.58. The Balaban J connectivity index is 2.52. The van der Waals surface area contributed by atoms with Crippen molar-refractivity contribution in [3.8, 4) is 0 Å². The normalized spacial score (nSPS) is 12.3. The second kappa shape index (κ2) is 7.01. The van der Waals surface area contributed by atoms with Crippen LogP contribution in [-0.4, -0.2) is 24.2 Å². The molecule has 1 unspecified atom stereocenters. The highest BCUT2D eigenvalue weighted by Gasteiger charge is 2.18. The summed E-state index contributed by atoms with van der Waals surface area (Å²) < 4.78 is 0. The lowest BCUT2D eigenvalue weighted by molar-refractivity contribution is -0.138. The number of hydrogen-bond donors (Lipinski definition) is 2. The third-order valence-corrected chi connectivity index (χ3v) is 2.56. The van der Waals surface area contributed by atoms with E-state index >= 15 is 0 Å². The van der Waals surface area contributed by atoms with E-state index in [2.05, 4.69) is 12.2 Å². The van der Waals surface area contributed by atoms with Gasteiger partial charge in [0.15, 0.2) is 0 Å². The molecule has 88 valence electrons. The van der Waals surface area contributed by atoms with Gasteiger partial charge in [-0.1, -0.05) is 43.7 Å². The van der Waals surface area contributed by atoms with Crippen LogP contribution in [0.1, 0.15) is 31.2 Å². The van der Waals surface area contributed by atoms with Gasteiger partial charge in [-0.2, -0.15) is 0 Å². The smallest absolute Gasteiger partial charge is 0.312 e. The predicted molar refractivity (Wildman–Crippen MR) is 64.6 cm³/mol. The fourth-order valence-electron chi connectivity index (χ4n) is 1.58. The lowest BCUT2D eigenvalue weighted by Gasteiger charge is -2.13. The molecule has 1 aromatic carbocycles. The molecule has 0 aliphatic heterocycles. The largest absolute Gasteiger partial charge is 0.481 e. The minimum absolute atomic E-state index is 0.446. The van der Waals surface area contributed by atoms with Crippen LogP contribution in [0.5, 0.6) is 0 Å². The summed E-state index contributed by atoms with van der Waals surface area (Å²) in [4.78, 5) is 11.1. The average molecular weight is 221 g/mol. The molecule has 0 saturated heterocycles. The molecule has 0 aliphatic carbocycles. The summed E-state index contributed by atoms with van der Waals surface area (Å²) in [5.41, 5.74) is 0.860. The van der Waals surface area contributed by atoms with E-state index in [4.69, 9.17) is 5.11 Å². The molecule has 1 atom stereocenters. The lowest BCUT2D eigenvalue weighted by Crippen LogP contribution is -2.27. The van der Waals surface area contributed by atoms with Gasteiger partial charge >= 0.3 is 5.97 Å². The number of benzene rings is 1. The van der Waals surface area contributed by atoms with Gasteiger partial charge in [0.05, 0.1) is 5.92 Å². The number of aliphatic carboxylic acids is 1. The van der Waals surface area contributed by atoms with E-state index in [1.807, 2.05) is 30.3 Å². The Labute approximate surface area is 96.5 Å². The van der Waals surface area contributed by atoms with Crippen LogP contribution in [0, 0.1) is 0 Å². The van der Waals surface area contributed by atoms with Crippen LogP contribution in [0.3, 0.4) is 0 Å². The van der Waals surface area contributed by atoms with E-state index in [0.29, 0.717) is 6.54 Å². The SMILES string of the molecule is CCCCNCC(C(=O)O)c1ccccc1. The summed E-state index contributed by atoms with van der Waals surface area (Å²) in [6.07, 6.45) is 2.21. The van der Waals surface area contributed by atoms with Gasteiger partial charge in [0.1, 0.15) is 0 Å². The van der Waals surface area contributed by atoms with Crippen molar-refractivity contribution in [3.05, 3.63) is 35.9 Å². The number of carboxylic acid groups (broad SMARTS) is 1. The van der Waals surface area contributed by atoms with Crippen LogP contribution in [0.15, 0.2) is 30.3 Å². The predicted octanol–water partition coefficient (Wildman–Crippen LogP) is 2.24. The minimum atomic E-state index is -0.768. The van der Waals surface area contributed by atoms with Crippen molar-refractivity contribution in [3.63, 3.8) is 0 Å². The van der Waals surface area contributed by atoms with Gasteiger partial charge in [-0.05, 0) is 18.5 Å². The monoisotopic (exact) mass is 221 g/mol. The Bertz CT molecular complexity index is 311. The lowest BCUT2D eigenvalue weighted by atomic mass is 9.99. The molecule has 1 rings (SSSR count). The molecule has 0 amide bonds. The van der Waals surface area contributed by atoms with E-state index in [0.717, 1.165) is 24.9 Å². The summed E-state index contributed by atoms with van der Waals surface area (Å²) >= 11 is 0. The zero-order valence-electron chi connectivity index (χ0n) is 9.65. The Morgan fingerprint density at radius 1 is 1.38 bits per heavy atom. The van der Waals surface area contributed by atoms with Crippen molar-refractivity contribution in [2.24, 2.45) is 0 Å². The molecule has 0 radical (unpaired) electrons. The van der Waals surface area contributed by atoms with Crippen molar-refractivity contribution < 1.29 is 9.90 Å². The number of rotatable bonds is 7. The van der Waals surface area contributed by atoms with E-state index in [-0.39, 0.29) is 0 Å². The van der Waals surface area contributed by atoms with E-state index < -0.39 is 11.9 Å². The van der Waals surface area contributed by atoms with E-state index in [1.54, 1.807) is 0 Å². The van der Waals surface area contributed by atoms with Gasteiger partial charge in [-0.15, -0.1) is 0 Å². The Hall–Kier alpha value is -1.35. The van der Waals surface area contributed by atoms with Gasteiger partial charge in [-0.25, -0.2) is 0 Å². The Kier molecular flexibility index (Phi) is 5.57. The second-order valence-electron chi connectivity index (χ2n) is 3.86. The first kappa shape index (κ1) is 12.7. The van der Waals surface area contributed by atoms with Crippen molar-refractivity contribution in [2.45, 2.75) is 25.7 Å². The van der Waals surface area contributed by atoms with Crippen molar-refractivity contribution in [1.82, 2.24) is 5.32 Å². The molecule has 0 bridgehead atoms. The molecule has 0 saturated carbocycles. The van der Waals surface area contributed by atoms with Crippen LogP contribution in [0.25, 0.3) is 0 Å². The molecular formula is C13H19NO2. The highest BCUT2D eigenvalue weighted by molar-refractivity contribution is 5.76. The molecule has 0 fully saturated rings. The Morgan fingerprint density at radius 2 is 2.06 bits per heavy atom. The van der Waals surface area contributed by atoms with Crippen LogP contribution in [-0.2, 0) is 4.79 Å². The topological polar surface area (TPSA) is 49.3 Å². The van der Waals surface area contributed by atoms with Gasteiger partial charge < -0.3 is 10.4 Å². The fraction of sp³-hybridized carbons (Fsp3) is 0.462. The van der Waals surface area contributed by atoms with Crippen molar-refractivity contribution >= 4 is 5.97 Å². The molecule has 2 N–H and O–H groups in total. The molecular weight excluding hydrogens is 202 g/mol. The maximum atomic E-state index is 11.1. The third-order valence-electron chi connectivity index (χ3n) is 2.56.